The number of anilines is 2. The molecule has 0 spiro atoms. The Morgan fingerprint density at radius 1 is 1.56 bits per heavy atom. The molecule has 1 aromatic heterocycles. The van der Waals surface area contributed by atoms with Crippen molar-refractivity contribution in [3.8, 4) is 0 Å². The molecule has 1 aromatic rings. The maximum Gasteiger partial charge on any atom is 0.239 e. The molecular formula is C10H13ClN4O. The van der Waals surface area contributed by atoms with Gasteiger partial charge in [-0.2, -0.15) is 0 Å². The number of hydrogen-bond acceptors (Lipinski definition) is 4. The number of pyridine rings is 1. The Kier molecular flexibility index (Phi) is 3.14. The van der Waals surface area contributed by atoms with E-state index in [-0.39, 0.29) is 12.5 Å². The summed E-state index contributed by atoms with van der Waals surface area (Å²) in [6.07, 6.45) is 2.43. The lowest BCUT2D eigenvalue weighted by atomic mass is 10.3. The zero-order valence-electron chi connectivity index (χ0n) is 8.74. The zero-order valence-corrected chi connectivity index (χ0v) is 9.50. The smallest absolute Gasteiger partial charge is 0.239 e. The molecule has 1 saturated heterocycles. The molecule has 1 aliphatic heterocycles. The van der Waals surface area contributed by atoms with E-state index >= 15 is 0 Å². The van der Waals surface area contributed by atoms with Crippen molar-refractivity contribution in [1.82, 2.24) is 10.3 Å². The summed E-state index contributed by atoms with van der Waals surface area (Å²) < 4.78 is 0. The van der Waals surface area contributed by atoms with Gasteiger partial charge in [0.05, 0.1) is 23.5 Å². The first-order valence-corrected chi connectivity index (χ1v) is 5.47. The van der Waals surface area contributed by atoms with Crippen molar-refractivity contribution < 1.29 is 4.79 Å². The van der Waals surface area contributed by atoms with E-state index in [9.17, 15) is 4.79 Å². The van der Waals surface area contributed by atoms with Crippen LogP contribution >= 0.6 is 11.6 Å². The lowest BCUT2D eigenvalue weighted by molar-refractivity contribution is -0.119. The van der Waals surface area contributed by atoms with Crippen molar-refractivity contribution in [3.05, 3.63) is 17.3 Å². The molecule has 0 atom stereocenters. The van der Waals surface area contributed by atoms with Crippen LogP contribution < -0.4 is 16.0 Å². The minimum Gasteiger partial charge on any atom is -0.397 e. The van der Waals surface area contributed by atoms with Gasteiger partial charge < -0.3 is 16.0 Å². The number of amides is 1. The Morgan fingerprint density at radius 3 is 3.12 bits per heavy atom. The van der Waals surface area contributed by atoms with Gasteiger partial charge in [0.15, 0.2) is 0 Å². The van der Waals surface area contributed by atoms with Crippen LogP contribution in [0.25, 0.3) is 0 Å². The predicted octanol–water partition coefficient (Wildman–Crippen LogP) is 0.643. The lowest BCUT2D eigenvalue weighted by Crippen LogP contribution is -2.33. The molecule has 2 rings (SSSR count). The number of nitrogens with two attached hydrogens (primary N) is 1. The molecule has 0 saturated carbocycles. The Morgan fingerprint density at radius 2 is 2.38 bits per heavy atom. The number of nitrogen functional groups attached to an aromatic ring is 1. The highest BCUT2D eigenvalue weighted by Crippen LogP contribution is 2.25. The van der Waals surface area contributed by atoms with Gasteiger partial charge in [0.2, 0.25) is 5.91 Å². The van der Waals surface area contributed by atoms with E-state index < -0.39 is 0 Å². The molecule has 3 N–H and O–H groups in total. The second kappa shape index (κ2) is 4.57. The lowest BCUT2D eigenvalue weighted by Gasteiger charge is -2.21. The SMILES string of the molecule is Nc1cnc(N2CCCNC(=O)C2)c(Cl)c1. The number of carbonyl (C=O) groups is 1. The number of nitrogens with one attached hydrogen (secondary N) is 1. The van der Waals surface area contributed by atoms with Gasteiger partial charge in [-0.1, -0.05) is 11.6 Å². The molecule has 0 aliphatic carbocycles. The van der Waals surface area contributed by atoms with E-state index in [1.165, 1.54) is 0 Å². The van der Waals surface area contributed by atoms with Crippen molar-refractivity contribution in [2.24, 2.45) is 0 Å². The minimum absolute atomic E-state index is 0.00723. The van der Waals surface area contributed by atoms with Gasteiger partial charge in [0, 0.05) is 13.1 Å². The molecule has 16 heavy (non-hydrogen) atoms. The van der Waals surface area contributed by atoms with Gasteiger partial charge in [-0.25, -0.2) is 4.98 Å². The maximum atomic E-state index is 11.4. The number of carbonyl (C=O) groups excluding carboxylic acids is 1. The first kappa shape index (κ1) is 11.0. The van der Waals surface area contributed by atoms with E-state index in [0.717, 1.165) is 13.0 Å². The second-order valence-corrected chi connectivity index (χ2v) is 4.11. The van der Waals surface area contributed by atoms with Crippen LogP contribution in [0.1, 0.15) is 6.42 Å². The third kappa shape index (κ3) is 2.36. The van der Waals surface area contributed by atoms with Gasteiger partial charge in [-0.15, -0.1) is 0 Å². The summed E-state index contributed by atoms with van der Waals surface area (Å²) in [5.74, 6) is 0.611. The van der Waals surface area contributed by atoms with E-state index in [1.54, 1.807) is 12.3 Å². The van der Waals surface area contributed by atoms with Crippen LogP contribution in [0.3, 0.4) is 0 Å². The number of halogens is 1. The number of nitrogens with zero attached hydrogens (tertiary/aromatic N) is 2. The molecule has 0 aromatic carbocycles. The van der Waals surface area contributed by atoms with Gasteiger partial charge in [-0.05, 0) is 12.5 Å². The molecule has 6 heteroatoms. The Hall–Kier alpha value is -1.49. The first-order chi connectivity index (χ1) is 7.66. The predicted molar refractivity (Wildman–Crippen MR) is 63.5 cm³/mol. The monoisotopic (exact) mass is 240 g/mol. The van der Waals surface area contributed by atoms with Crippen molar-refractivity contribution >= 4 is 29.0 Å². The van der Waals surface area contributed by atoms with E-state index in [4.69, 9.17) is 17.3 Å². The second-order valence-electron chi connectivity index (χ2n) is 3.70. The van der Waals surface area contributed by atoms with E-state index in [1.807, 2.05) is 4.90 Å². The van der Waals surface area contributed by atoms with Crippen LogP contribution in [0.5, 0.6) is 0 Å². The summed E-state index contributed by atoms with van der Waals surface area (Å²) in [4.78, 5) is 17.4. The van der Waals surface area contributed by atoms with E-state index in [2.05, 4.69) is 10.3 Å². The average Bonchev–Trinajstić information content (AvgIpc) is 2.43. The summed E-state index contributed by atoms with van der Waals surface area (Å²) in [5, 5.41) is 3.28. The fourth-order valence-corrected chi connectivity index (χ4v) is 1.96. The van der Waals surface area contributed by atoms with Crippen molar-refractivity contribution in [2.75, 3.05) is 30.3 Å². The van der Waals surface area contributed by atoms with Gasteiger partial charge >= 0.3 is 0 Å². The van der Waals surface area contributed by atoms with Crippen molar-refractivity contribution in [3.63, 3.8) is 0 Å². The first-order valence-electron chi connectivity index (χ1n) is 5.09. The minimum atomic E-state index is -0.00723. The molecule has 0 unspecified atom stereocenters. The molecular weight excluding hydrogens is 228 g/mol. The number of hydrogen-bond donors (Lipinski definition) is 2. The molecule has 2 heterocycles. The third-order valence-electron chi connectivity index (χ3n) is 2.40. The van der Waals surface area contributed by atoms with Crippen molar-refractivity contribution in [2.45, 2.75) is 6.42 Å². The van der Waals surface area contributed by atoms with Gasteiger partial charge in [0.25, 0.3) is 0 Å². The van der Waals surface area contributed by atoms with Crippen LogP contribution in [0.2, 0.25) is 5.02 Å². The topological polar surface area (TPSA) is 71.2 Å². The normalized spacial score (nSPS) is 16.8. The summed E-state index contributed by atoms with van der Waals surface area (Å²) in [7, 11) is 0. The van der Waals surface area contributed by atoms with Crippen molar-refractivity contribution in [1.29, 1.82) is 0 Å². The quantitative estimate of drug-likeness (QED) is 0.756. The van der Waals surface area contributed by atoms with Crippen LogP contribution in [0, 0.1) is 0 Å². The molecule has 1 aliphatic rings. The molecule has 1 amide bonds. The molecule has 86 valence electrons. The molecule has 5 nitrogen and oxygen atoms in total. The molecule has 1 fully saturated rings. The van der Waals surface area contributed by atoms with Crippen LogP contribution in [-0.4, -0.2) is 30.5 Å². The highest BCUT2D eigenvalue weighted by atomic mass is 35.5. The molecule has 0 radical (unpaired) electrons. The summed E-state index contributed by atoms with van der Waals surface area (Å²) >= 11 is 6.05. The fraction of sp³-hybridized carbons (Fsp3) is 0.400. The largest absolute Gasteiger partial charge is 0.397 e. The van der Waals surface area contributed by atoms with Gasteiger partial charge in [-0.3, -0.25) is 4.79 Å². The highest BCUT2D eigenvalue weighted by Gasteiger charge is 2.18. The summed E-state index contributed by atoms with van der Waals surface area (Å²) in [6.45, 7) is 1.74. The van der Waals surface area contributed by atoms with Gasteiger partial charge in [0.1, 0.15) is 5.82 Å². The molecule has 0 bridgehead atoms. The number of rotatable bonds is 1. The van der Waals surface area contributed by atoms with E-state index in [0.29, 0.717) is 23.1 Å². The fourth-order valence-electron chi connectivity index (χ4n) is 1.67. The standard InChI is InChI=1S/C10H13ClN4O/c11-8-4-7(12)5-14-10(8)15-3-1-2-13-9(16)6-15/h4-5H,1-3,6,12H2,(H,13,16). The zero-order chi connectivity index (χ0) is 11.5. The Balaban J connectivity index is 2.24. The Labute approximate surface area is 98.6 Å². The van der Waals surface area contributed by atoms with Crippen LogP contribution in [0.15, 0.2) is 12.3 Å². The summed E-state index contributed by atoms with van der Waals surface area (Å²) in [5.41, 5.74) is 6.09. The highest BCUT2D eigenvalue weighted by molar-refractivity contribution is 6.33. The third-order valence-corrected chi connectivity index (χ3v) is 2.68. The maximum absolute atomic E-state index is 11.4. The van der Waals surface area contributed by atoms with Crippen LogP contribution in [0.4, 0.5) is 11.5 Å². The van der Waals surface area contributed by atoms with Crippen LogP contribution in [-0.2, 0) is 4.79 Å². The number of aromatic nitrogens is 1. The summed E-state index contributed by atoms with van der Waals surface area (Å²) in [6, 6.07) is 1.65. The average molecular weight is 241 g/mol. The Bertz CT molecular complexity index is 410.